The van der Waals surface area contributed by atoms with Crippen molar-refractivity contribution in [3.8, 4) is 28.2 Å². The van der Waals surface area contributed by atoms with E-state index >= 15 is 0 Å². The Morgan fingerprint density at radius 3 is 0.593 bits per heavy atom. The van der Waals surface area contributed by atoms with Gasteiger partial charge in [0.05, 0.1) is 33.1 Å². The van der Waals surface area contributed by atoms with Crippen molar-refractivity contribution < 1.29 is 0 Å². The molecule has 140 heavy (non-hydrogen) atoms. The van der Waals surface area contributed by atoms with Gasteiger partial charge in [-0.05, 0) is 254 Å². The summed E-state index contributed by atoms with van der Waals surface area (Å²) in [7, 11) is 8.61. The molecule has 0 unspecified atom stereocenters. The Bertz CT molecular complexity index is 9020. The smallest absolute Gasteiger partial charge is 0.0541 e. The maximum atomic E-state index is 2.40. The fraction of sp³-hybridized carbons (Fsp3) is 0.0308. The van der Waals surface area contributed by atoms with Crippen molar-refractivity contribution in [2.24, 2.45) is 28.2 Å². The first-order valence-electron chi connectivity index (χ1n) is 47.9. The van der Waals surface area contributed by atoms with Gasteiger partial charge in [-0.15, -0.1) is 0 Å². The fourth-order valence-corrected chi connectivity index (χ4v) is 21.8. The van der Waals surface area contributed by atoms with Crippen LogP contribution in [0.2, 0.25) is 0 Å². The summed E-state index contributed by atoms with van der Waals surface area (Å²) < 4.78 is 16.3. The zero-order chi connectivity index (χ0) is 93.4. The molecule has 7 aromatic heterocycles. The van der Waals surface area contributed by atoms with Crippen LogP contribution in [0.3, 0.4) is 0 Å². The molecule has 0 aliphatic heterocycles. The predicted molar refractivity (Wildman–Crippen MR) is 594 cm³/mol. The van der Waals surface area contributed by atoms with Crippen molar-refractivity contribution in [1.29, 1.82) is 0 Å². The van der Waals surface area contributed by atoms with Crippen molar-refractivity contribution in [2.45, 2.75) is 0 Å². The van der Waals surface area contributed by atoms with Crippen LogP contribution in [0.1, 0.15) is 0 Å². The van der Waals surface area contributed by atoms with Gasteiger partial charge in [-0.1, -0.05) is 267 Å². The first-order valence-corrected chi connectivity index (χ1v) is 47.9. The molecule has 0 radical (unpaired) electrons. The Balaban J connectivity index is 0.0000000996. The SMILES string of the molecule is Cn1c2ccc(-n3c4ccccc4c4ccccc43)cc2c2cc(-n3c4ccccc4c4ccccc43)ccc21.Cn1c2ccc(N(c3ccccc3)c3ccccc3)cc2c2cc(N(c3ccccc3)c3ccccc3)ccc21.Cn1c2ccccc2c2cc(-c3ccc4c(c3)c3ccccc3n4-c3ccccc3)ccc21.Cn1c2ccccc2c2cc(N(c3ccccc3)c3ccccc3)ccc21. The number of hydrogen-bond acceptors (Lipinski definition) is 3. The molecule has 666 valence electrons. The summed E-state index contributed by atoms with van der Waals surface area (Å²) in [5.74, 6) is 0. The second-order valence-corrected chi connectivity index (χ2v) is 36.2. The lowest BCUT2D eigenvalue weighted by Crippen LogP contribution is -2.09. The first-order chi connectivity index (χ1) is 69.2. The molecule has 7 heterocycles. The maximum Gasteiger partial charge on any atom is 0.0541 e. The molecule has 0 spiro atoms. The number of hydrogen-bond donors (Lipinski definition) is 0. The van der Waals surface area contributed by atoms with E-state index < -0.39 is 0 Å². The van der Waals surface area contributed by atoms with Gasteiger partial charge in [-0.2, -0.15) is 0 Å². The van der Waals surface area contributed by atoms with E-state index in [4.69, 9.17) is 0 Å². The van der Waals surface area contributed by atoms with Crippen LogP contribution >= 0.6 is 0 Å². The van der Waals surface area contributed by atoms with Gasteiger partial charge in [-0.3, -0.25) is 0 Å². The van der Waals surface area contributed by atoms with Gasteiger partial charge in [0, 0.05) is 216 Å². The highest BCUT2D eigenvalue weighted by molar-refractivity contribution is 6.17. The van der Waals surface area contributed by atoms with Crippen LogP contribution in [-0.2, 0) is 28.2 Å². The average Bonchev–Trinajstić information content (AvgIpc) is 1.58. The highest BCUT2D eigenvalue weighted by atomic mass is 15.2. The Morgan fingerprint density at radius 2 is 0.300 bits per heavy atom. The largest absolute Gasteiger partial charge is 0.344 e. The number of anilines is 9. The molecule has 0 bridgehead atoms. The van der Waals surface area contributed by atoms with Crippen molar-refractivity contribution >= 4 is 204 Å². The van der Waals surface area contributed by atoms with E-state index in [0.29, 0.717) is 0 Å². The summed E-state index contributed by atoms with van der Waals surface area (Å²) in [6.45, 7) is 0. The van der Waals surface area contributed by atoms with E-state index in [1.54, 1.807) is 0 Å². The molecule has 0 saturated carbocycles. The summed E-state index contributed by atoms with van der Waals surface area (Å²) in [4.78, 5) is 6.95. The van der Waals surface area contributed by atoms with E-state index in [9.17, 15) is 0 Å². The normalized spacial score (nSPS) is 11.6. The Kier molecular flexibility index (Phi) is 20.9. The maximum absolute atomic E-state index is 2.40. The molecule has 0 saturated heterocycles. The van der Waals surface area contributed by atoms with E-state index in [0.717, 1.165) is 51.2 Å². The highest BCUT2D eigenvalue weighted by Crippen LogP contribution is 2.47. The third-order valence-corrected chi connectivity index (χ3v) is 28.3. The second kappa shape index (κ2) is 35.1. The van der Waals surface area contributed by atoms with Gasteiger partial charge in [-0.25, -0.2) is 0 Å². The zero-order valence-corrected chi connectivity index (χ0v) is 78.0. The molecular formula is C130H96N10. The average molecular weight is 1800 g/mol. The molecule has 0 N–H and O–H groups in total. The summed E-state index contributed by atoms with van der Waals surface area (Å²) in [6, 6.07) is 183. The Labute approximate surface area is 810 Å². The summed E-state index contributed by atoms with van der Waals surface area (Å²) in [5.41, 5.74) is 33.6. The summed E-state index contributed by atoms with van der Waals surface area (Å²) >= 11 is 0. The molecule has 21 aromatic carbocycles. The molecule has 28 rings (SSSR count). The highest BCUT2D eigenvalue weighted by Gasteiger charge is 2.24. The van der Waals surface area contributed by atoms with Crippen LogP contribution in [0.25, 0.3) is 181 Å². The third kappa shape index (κ3) is 14.4. The number of fused-ring (bicyclic) bond motifs is 21. The number of aryl methyl sites for hydroxylation is 4. The third-order valence-electron chi connectivity index (χ3n) is 28.3. The van der Waals surface area contributed by atoms with Crippen molar-refractivity contribution in [3.63, 3.8) is 0 Å². The number of para-hydroxylation sites is 14. The molecule has 10 nitrogen and oxygen atoms in total. The Hall–Kier alpha value is -18.4. The molecule has 10 heteroatoms. The fourth-order valence-electron chi connectivity index (χ4n) is 21.8. The first kappa shape index (κ1) is 83.4. The van der Waals surface area contributed by atoms with Crippen LogP contribution in [-0.4, -0.2) is 32.0 Å². The standard InChI is InChI=1S/C37H25N3.C37H29N3.C31H22N2.C25H20N2/c1-38-32-20-18-24(39-34-14-6-2-10-26(34)27-11-3-7-15-35(27)39)22-30(32)31-23-25(19-21-33(31)38)40-36-16-8-4-12-28(36)29-13-5-9-17-37(29)40;1-38-36-24-22-32(39(28-14-6-2-7-15-28)29-16-8-3-9-17-29)26-34(36)35-27-33(23-25-37(35)38)40(30-18-10-4-11-19-30)31-20-12-5-13-21-31;1-32-28-13-7-5-11-24(28)26-19-21(15-17-29(26)32)22-16-18-31-27(20-22)25-12-6-8-14-30(25)33(31)23-9-3-2-4-10-23;1-26-24-15-9-8-14-22(24)23-18-21(16-17-25(23)26)27(19-10-4-2-5-11-19)20-12-6-3-7-13-20/h2-23H,1H3;2-27H,1H3;2-20H,1H3;2-18H,1H3. The van der Waals surface area contributed by atoms with Crippen LogP contribution in [0.4, 0.5) is 51.2 Å². The van der Waals surface area contributed by atoms with Gasteiger partial charge in [0.25, 0.3) is 0 Å². The lowest BCUT2D eigenvalue weighted by Gasteiger charge is -2.26. The van der Waals surface area contributed by atoms with E-state index in [2.05, 4.69) is 584 Å². The van der Waals surface area contributed by atoms with Gasteiger partial charge < -0.3 is 46.7 Å². The van der Waals surface area contributed by atoms with Crippen LogP contribution in [0.5, 0.6) is 0 Å². The topological polar surface area (TPSA) is 44.2 Å². The molecule has 0 amide bonds. The van der Waals surface area contributed by atoms with Gasteiger partial charge in [0.15, 0.2) is 0 Å². The zero-order valence-electron chi connectivity index (χ0n) is 78.0. The van der Waals surface area contributed by atoms with Crippen molar-refractivity contribution in [3.05, 3.63) is 510 Å². The lowest BCUT2D eigenvalue weighted by molar-refractivity contribution is 1.01. The molecule has 0 aliphatic rings. The minimum atomic E-state index is 1.13. The molecular weight excluding hydrogens is 1700 g/mol. The number of benzene rings is 21. The summed E-state index contributed by atoms with van der Waals surface area (Å²) in [5, 5.41) is 17.9. The minimum Gasteiger partial charge on any atom is -0.344 e. The monoisotopic (exact) mass is 1800 g/mol. The molecule has 0 fully saturated rings. The summed E-state index contributed by atoms with van der Waals surface area (Å²) in [6.07, 6.45) is 0. The lowest BCUT2D eigenvalue weighted by atomic mass is 10.0. The minimum absolute atomic E-state index is 1.13. The van der Waals surface area contributed by atoms with E-state index in [1.165, 1.54) is 181 Å². The van der Waals surface area contributed by atoms with Crippen LogP contribution in [0, 0.1) is 0 Å². The number of aromatic nitrogens is 7. The number of rotatable bonds is 13. The van der Waals surface area contributed by atoms with Crippen LogP contribution in [0.15, 0.2) is 510 Å². The van der Waals surface area contributed by atoms with Crippen molar-refractivity contribution in [1.82, 2.24) is 32.0 Å². The molecule has 28 aromatic rings. The quantitative estimate of drug-likeness (QED) is 0.116. The Morgan fingerprint density at radius 1 is 0.121 bits per heavy atom. The molecule has 0 atom stereocenters. The van der Waals surface area contributed by atoms with Crippen molar-refractivity contribution in [2.75, 3.05) is 14.7 Å². The van der Waals surface area contributed by atoms with E-state index in [1.807, 2.05) is 0 Å². The molecule has 0 aliphatic carbocycles. The van der Waals surface area contributed by atoms with Gasteiger partial charge in [0.1, 0.15) is 0 Å². The predicted octanol–water partition coefficient (Wildman–Crippen LogP) is 34.7. The second-order valence-electron chi connectivity index (χ2n) is 36.2. The number of nitrogens with zero attached hydrogens (tertiary/aromatic N) is 10. The van der Waals surface area contributed by atoms with Gasteiger partial charge in [0.2, 0.25) is 0 Å². The van der Waals surface area contributed by atoms with Gasteiger partial charge >= 0.3 is 0 Å². The van der Waals surface area contributed by atoms with E-state index in [-0.39, 0.29) is 0 Å². The van der Waals surface area contributed by atoms with Crippen LogP contribution < -0.4 is 14.7 Å².